The Labute approximate surface area is 104 Å². The molecule has 2 fully saturated rings. The van der Waals surface area contributed by atoms with Crippen molar-refractivity contribution < 1.29 is 18.0 Å². The van der Waals surface area contributed by atoms with Crippen molar-refractivity contribution in [3.63, 3.8) is 0 Å². The first kappa shape index (κ1) is 13.6. The molecule has 1 saturated heterocycles. The molecule has 2 rings (SSSR count). The molecule has 1 aliphatic carbocycles. The van der Waals surface area contributed by atoms with Crippen LogP contribution in [0.3, 0.4) is 0 Å². The van der Waals surface area contributed by atoms with E-state index in [1.54, 1.807) is 6.92 Å². The third kappa shape index (κ3) is 2.96. The van der Waals surface area contributed by atoms with E-state index in [2.05, 4.69) is 10.6 Å². The van der Waals surface area contributed by atoms with E-state index >= 15 is 0 Å². The predicted octanol–water partition coefficient (Wildman–Crippen LogP) is 1.83. The molecule has 1 heterocycles. The van der Waals surface area contributed by atoms with E-state index in [0.717, 1.165) is 12.8 Å². The van der Waals surface area contributed by atoms with E-state index in [0.29, 0.717) is 19.5 Å². The van der Waals surface area contributed by atoms with Gasteiger partial charge in [-0.05, 0) is 38.8 Å². The lowest BCUT2D eigenvalue weighted by molar-refractivity contribution is -0.183. The van der Waals surface area contributed by atoms with Crippen molar-refractivity contribution in [2.24, 2.45) is 11.3 Å². The van der Waals surface area contributed by atoms with Crippen molar-refractivity contribution in [1.82, 2.24) is 10.6 Å². The van der Waals surface area contributed by atoms with Gasteiger partial charge in [-0.25, -0.2) is 0 Å². The monoisotopic (exact) mass is 264 g/mol. The van der Waals surface area contributed by atoms with Gasteiger partial charge in [0.2, 0.25) is 5.91 Å². The summed E-state index contributed by atoms with van der Waals surface area (Å²) < 4.78 is 38.9. The fraction of sp³-hybridized carbons (Fsp3) is 0.917. The first-order valence-corrected chi connectivity index (χ1v) is 6.41. The van der Waals surface area contributed by atoms with Crippen LogP contribution in [0.2, 0.25) is 0 Å². The molecule has 2 atom stereocenters. The Morgan fingerprint density at radius 2 is 1.89 bits per heavy atom. The quantitative estimate of drug-likeness (QED) is 0.799. The molecule has 1 amide bonds. The van der Waals surface area contributed by atoms with Gasteiger partial charge in [-0.15, -0.1) is 0 Å². The van der Waals surface area contributed by atoms with E-state index in [9.17, 15) is 18.0 Å². The molecule has 18 heavy (non-hydrogen) atoms. The summed E-state index contributed by atoms with van der Waals surface area (Å²) >= 11 is 0. The Kier molecular flexibility index (Phi) is 3.58. The Morgan fingerprint density at radius 1 is 1.28 bits per heavy atom. The van der Waals surface area contributed by atoms with Crippen LogP contribution in [-0.4, -0.2) is 31.2 Å². The topological polar surface area (TPSA) is 41.1 Å². The number of alkyl halides is 3. The second-order valence-electron chi connectivity index (χ2n) is 5.62. The molecule has 104 valence electrons. The summed E-state index contributed by atoms with van der Waals surface area (Å²) in [5, 5.41) is 5.57. The maximum atomic E-state index is 13.0. The summed E-state index contributed by atoms with van der Waals surface area (Å²) in [6, 6.07) is -0.787. The molecular weight excluding hydrogens is 245 g/mol. The van der Waals surface area contributed by atoms with Gasteiger partial charge >= 0.3 is 6.18 Å². The van der Waals surface area contributed by atoms with Gasteiger partial charge in [-0.1, -0.05) is 6.92 Å². The smallest absolute Gasteiger partial charge is 0.352 e. The van der Waals surface area contributed by atoms with Crippen LogP contribution in [0.4, 0.5) is 13.2 Å². The molecule has 0 spiro atoms. The average molecular weight is 264 g/mol. The van der Waals surface area contributed by atoms with Crippen LogP contribution in [0.25, 0.3) is 0 Å². The summed E-state index contributed by atoms with van der Waals surface area (Å²) in [6.07, 6.45) is -2.31. The molecule has 6 heteroatoms. The highest BCUT2D eigenvalue weighted by Gasteiger charge is 2.49. The van der Waals surface area contributed by atoms with Crippen molar-refractivity contribution in [2.45, 2.75) is 44.8 Å². The van der Waals surface area contributed by atoms with Crippen LogP contribution < -0.4 is 10.6 Å². The van der Waals surface area contributed by atoms with Gasteiger partial charge in [0.25, 0.3) is 0 Å². The van der Waals surface area contributed by atoms with E-state index in [-0.39, 0.29) is 12.3 Å². The number of halogens is 3. The van der Waals surface area contributed by atoms with Crippen molar-refractivity contribution >= 4 is 5.91 Å². The number of rotatable bonds is 2. The summed E-state index contributed by atoms with van der Waals surface area (Å²) in [4.78, 5) is 11.9. The largest absolute Gasteiger partial charge is 0.393 e. The summed E-state index contributed by atoms with van der Waals surface area (Å²) in [6.45, 7) is 2.68. The summed E-state index contributed by atoms with van der Waals surface area (Å²) in [5.74, 6) is -1.65. The molecule has 1 saturated carbocycles. The number of hydrogen-bond acceptors (Lipinski definition) is 2. The number of hydrogen-bond donors (Lipinski definition) is 2. The Hall–Kier alpha value is -0.780. The second kappa shape index (κ2) is 4.72. The molecular formula is C12H19F3N2O. The SMILES string of the molecule is CC1(C(=O)NC2CCNCCC2C(F)(F)F)CC1. The highest BCUT2D eigenvalue weighted by molar-refractivity contribution is 5.85. The number of carbonyl (C=O) groups excluding carboxylic acids is 1. The van der Waals surface area contributed by atoms with Gasteiger partial charge in [0.15, 0.2) is 0 Å². The number of amides is 1. The lowest BCUT2D eigenvalue weighted by Gasteiger charge is -2.28. The molecule has 1 aliphatic heterocycles. The Bertz CT molecular complexity index is 326. The van der Waals surface area contributed by atoms with Gasteiger partial charge in [-0.3, -0.25) is 4.79 Å². The average Bonchev–Trinajstić information content (AvgIpc) is 3.02. The zero-order chi connectivity index (χ0) is 13.4. The summed E-state index contributed by atoms with van der Waals surface area (Å²) in [7, 11) is 0. The van der Waals surface area contributed by atoms with Gasteiger partial charge < -0.3 is 10.6 Å². The highest BCUT2D eigenvalue weighted by atomic mass is 19.4. The predicted molar refractivity (Wildman–Crippen MR) is 60.9 cm³/mol. The van der Waals surface area contributed by atoms with E-state index < -0.39 is 23.6 Å². The van der Waals surface area contributed by atoms with Crippen molar-refractivity contribution in [1.29, 1.82) is 0 Å². The fourth-order valence-corrected chi connectivity index (χ4v) is 2.36. The van der Waals surface area contributed by atoms with Crippen molar-refractivity contribution in [3.05, 3.63) is 0 Å². The van der Waals surface area contributed by atoms with Crippen LogP contribution in [0.5, 0.6) is 0 Å². The normalized spacial score (nSPS) is 31.6. The first-order valence-electron chi connectivity index (χ1n) is 6.41. The number of carbonyl (C=O) groups is 1. The van der Waals surface area contributed by atoms with Gasteiger partial charge in [0, 0.05) is 11.5 Å². The molecule has 2 unspecified atom stereocenters. The molecule has 0 aromatic rings. The Morgan fingerprint density at radius 3 is 2.44 bits per heavy atom. The molecule has 2 N–H and O–H groups in total. The number of nitrogens with one attached hydrogen (secondary N) is 2. The summed E-state index contributed by atoms with van der Waals surface area (Å²) in [5.41, 5.74) is -0.421. The standard InChI is InChI=1S/C12H19F3N2O/c1-11(4-5-11)10(18)17-9-3-7-16-6-2-8(9)12(13,14)15/h8-9,16H,2-7H2,1H3,(H,17,18). The maximum absolute atomic E-state index is 13.0. The van der Waals surface area contributed by atoms with Crippen LogP contribution in [-0.2, 0) is 4.79 Å². The zero-order valence-electron chi connectivity index (χ0n) is 10.4. The first-order chi connectivity index (χ1) is 8.33. The van der Waals surface area contributed by atoms with Gasteiger partial charge in [-0.2, -0.15) is 13.2 Å². The van der Waals surface area contributed by atoms with Crippen molar-refractivity contribution in [2.75, 3.05) is 13.1 Å². The van der Waals surface area contributed by atoms with Gasteiger partial charge in [0.05, 0.1) is 5.92 Å². The van der Waals surface area contributed by atoms with E-state index in [4.69, 9.17) is 0 Å². The lowest BCUT2D eigenvalue weighted by atomic mass is 9.93. The molecule has 0 aromatic heterocycles. The molecule has 0 bridgehead atoms. The Balaban J connectivity index is 2.04. The van der Waals surface area contributed by atoms with E-state index in [1.165, 1.54) is 0 Å². The van der Waals surface area contributed by atoms with Crippen LogP contribution in [0.1, 0.15) is 32.6 Å². The minimum atomic E-state index is -4.24. The molecule has 3 nitrogen and oxygen atoms in total. The third-order valence-corrected chi connectivity index (χ3v) is 4.04. The van der Waals surface area contributed by atoms with Crippen LogP contribution in [0, 0.1) is 11.3 Å². The minimum absolute atomic E-state index is 0.0329. The molecule has 0 radical (unpaired) electrons. The van der Waals surface area contributed by atoms with Crippen LogP contribution >= 0.6 is 0 Å². The van der Waals surface area contributed by atoms with Crippen LogP contribution in [0.15, 0.2) is 0 Å². The fourth-order valence-electron chi connectivity index (χ4n) is 2.36. The van der Waals surface area contributed by atoms with E-state index in [1.807, 2.05) is 0 Å². The zero-order valence-corrected chi connectivity index (χ0v) is 10.4. The molecule has 2 aliphatic rings. The lowest BCUT2D eigenvalue weighted by Crippen LogP contribution is -2.47. The second-order valence-corrected chi connectivity index (χ2v) is 5.62. The minimum Gasteiger partial charge on any atom is -0.352 e. The third-order valence-electron chi connectivity index (χ3n) is 4.04. The highest BCUT2D eigenvalue weighted by Crippen LogP contribution is 2.45. The van der Waals surface area contributed by atoms with Crippen molar-refractivity contribution in [3.8, 4) is 0 Å². The van der Waals surface area contributed by atoms with Gasteiger partial charge in [0.1, 0.15) is 0 Å². The maximum Gasteiger partial charge on any atom is 0.393 e. The molecule has 0 aromatic carbocycles.